The second kappa shape index (κ2) is 6.33. The van der Waals surface area contributed by atoms with Gasteiger partial charge in [0, 0.05) is 22.4 Å². The molecule has 1 aromatic heterocycles. The zero-order chi connectivity index (χ0) is 11.4. The SMILES string of the molecule is Clc1sc(CNCC2COCCO2)cc1Br. The lowest BCUT2D eigenvalue weighted by atomic mass is 10.3. The lowest BCUT2D eigenvalue weighted by Gasteiger charge is -2.22. The Bertz CT molecular complexity index is 322. The van der Waals surface area contributed by atoms with Gasteiger partial charge in [-0.25, -0.2) is 0 Å². The Morgan fingerprint density at radius 1 is 1.56 bits per heavy atom. The molecule has 16 heavy (non-hydrogen) atoms. The molecule has 0 bridgehead atoms. The summed E-state index contributed by atoms with van der Waals surface area (Å²) in [6.07, 6.45) is 0.174. The summed E-state index contributed by atoms with van der Waals surface area (Å²) in [5.74, 6) is 0. The first kappa shape index (κ1) is 12.8. The molecule has 0 spiro atoms. The van der Waals surface area contributed by atoms with E-state index < -0.39 is 0 Å². The van der Waals surface area contributed by atoms with Crippen molar-refractivity contribution in [2.45, 2.75) is 12.6 Å². The van der Waals surface area contributed by atoms with E-state index in [1.165, 1.54) is 4.88 Å². The number of hydrogen-bond donors (Lipinski definition) is 1. The van der Waals surface area contributed by atoms with Crippen molar-refractivity contribution in [1.82, 2.24) is 5.32 Å². The minimum atomic E-state index is 0.174. The van der Waals surface area contributed by atoms with Crippen LogP contribution in [-0.4, -0.2) is 32.5 Å². The highest BCUT2D eigenvalue weighted by Gasteiger charge is 2.13. The standard InChI is InChI=1S/C10H13BrClNO2S/c11-9-3-8(16-10(9)12)5-13-4-7-6-14-1-2-15-7/h3,7,13H,1-2,4-6H2. The molecule has 1 aliphatic heterocycles. The second-order valence-corrected chi connectivity index (χ2v) is 6.13. The fourth-order valence-corrected chi connectivity index (χ4v) is 3.25. The van der Waals surface area contributed by atoms with Crippen LogP contribution in [0.3, 0.4) is 0 Å². The highest BCUT2D eigenvalue weighted by atomic mass is 79.9. The third-order valence-electron chi connectivity index (χ3n) is 2.25. The topological polar surface area (TPSA) is 30.5 Å². The molecule has 0 radical (unpaired) electrons. The summed E-state index contributed by atoms with van der Waals surface area (Å²) in [6, 6.07) is 2.04. The van der Waals surface area contributed by atoms with Crippen LogP contribution in [0.15, 0.2) is 10.5 Å². The Labute approximate surface area is 112 Å². The molecule has 2 heterocycles. The lowest BCUT2D eigenvalue weighted by Crippen LogP contribution is -2.37. The van der Waals surface area contributed by atoms with Gasteiger partial charge in [-0.05, 0) is 22.0 Å². The maximum Gasteiger partial charge on any atom is 0.107 e. The molecule has 6 heteroatoms. The fraction of sp³-hybridized carbons (Fsp3) is 0.600. The van der Waals surface area contributed by atoms with Gasteiger partial charge in [-0.2, -0.15) is 0 Å². The number of rotatable bonds is 4. The number of ether oxygens (including phenoxy) is 2. The van der Waals surface area contributed by atoms with Crippen molar-refractivity contribution >= 4 is 38.9 Å². The molecule has 1 unspecified atom stereocenters. The van der Waals surface area contributed by atoms with Crippen LogP contribution in [0, 0.1) is 0 Å². The summed E-state index contributed by atoms with van der Waals surface area (Å²) >= 11 is 10.9. The zero-order valence-corrected chi connectivity index (χ0v) is 11.8. The van der Waals surface area contributed by atoms with Crippen molar-refractivity contribution in [1.29, 1.82) is 0 Å². The molecule has 1 aromatic rings. The molecular formula is C10H13BrClNO2S. The second-order valence-electron chi connectivity index (χ2n) is 3.53. The van der Waals surface area contributed by atoms with Gasteiger partial charge in [-0.1, -0.05) is 11.6 Å². The summed E-state index contributed by atoms with van der Waals surface area (Å²) in [7, 11) is 0. The van der Waals surface area contributed by atoms with E-state index >= 15 is 0 Å². The Morgan fingerprint density at radius 3 is 3.06 bits per heavy atom. The molecule has 2 rings (SSSR count). The normalized spacial score (nSPS) is 21.2. The monoisotopic (exact) mass is 325 g/mol. The average Bonchev–Trinajstić information content (AvgIpc) is 2.60. The predicted octanol–water partition coefficient (Wildman–Crippen LogP) is 2.67. The molecule has 1 fully saturated rings. The van der Waals surface area contributed by atoms with Crippen LogP contribution >= 0.6 is 38.9 Å². The van der Waals surface area contributed by atoms with Crippen LogP contribution in [-0.2, 0) is 16.0 Å². The van der Waals surface area contributed by atoms with Crippen LogP contribution < -0.4 is 5.32 Å². The molecule has 0 saturated carbocycles. The van der Waals surface area contributed by atoms with Crippen molar-refractivity contribution in [3.05, 3.63) is 19.8 Å². The Morgan fingerprint density at radius 2 is 2.44 bits per heavy atom. The summed E-state index contributed by atoms with van der Waals surface area (Å²) in [4.78, 5) is 1.22. The van der Waals surface area contributed by atoms with Gasteiger partial charge in [0.1, 0.15) is 4.34 Å². The van der Waals surface area contributed by atoms with Gasteiger partial charge < -0.3 is 14.8 Å². The van der Waals surface area contributed by atoms with Crippen LogP contribution in [0.4, 0.5) is 0 Å². The summed E-state index contributed by atoms with van der Waals surface area (Å²) in [6.45, 7) is 3.72. The molecule has 1 atom stereocenters. The first-order chi connectivity index (χ1) is 7.75. The quantitative estimate of drug-likeness (QED) is 0.923. The van der Waals surface area contributed by atoms with Gasteiger partial charge in [0.2, 0.25) is 0 Å². The highest BCUT2D eigenvalue weighted by Crippen LogP contribution is 2.31. The van der Waals surface area contributed by atoms with Crippen molar-refractivity contribution in [3.8, 4) is 0 Å². The third-order valence-corrected chi connectivity index (χ3v) is 4.73. The van der Waals surface area contributed by atoms with E-state index in [-0.39, 0.29) is 6.10 Å². The van der Waals surface area contributed by atoms with Gasteiger partial charge in [0.15, 0.2) is 0 Å². The number of thiophene rings is 1. The van der Waals surface area contributed by atoms with Gasteiger partial charge in [0.05, 0.1) is 25.9 Å². The van der Waals surface area contributed by atoms with Crippen LogP contribution in [0.25, 0.3) is 0 Å². The summed E-state index contributed by atoms with van der Waals surface area (Å²) < 4.78 is 12.6. The Balaban J connectivity index is 1.71. The third kappa shape index (κ3) is 3.68. The number of halogens is 2. The van der Waals surface area contributed by atoms with Gasteiger partial charge >= 0.3 is 0 Å². The van der Waals surface area contributed by atoms with E-state index in [2.05, 4.69) is 21.2 Å². The van der Waals surface area contributed by atoms with Gasteiger partial charge in [0.25, 0.3) is 0 Å². The molecule has 3 nitrogen and oxygen atoms in total. The predicted molar refractivity (Wildman–Crippen MR) is 69.3 cm³/mol. The molecule has 1 saturated heterocycles. The number of hydrogen-bond acceptors (Lipinski definition) is 4. The first-order valence-electron chi connectivity index (χ1n) is 5.09. The molecule has 0 aromatic carbocycles. The maximum atomic E-state index is 5.96. The van der Waals surface area contributed by atoms with Crippen LogP contribution in [0.1, 0.15) is 4.88 Å². The molecular weight excluding hydrogens is 314 g/mol. The van der Waals surface area contributed by atoms with E-state index in [1.54, 1.807) is 11.3 Å². The average molecular weight is 327 g/mol. The largest absolute Gasteiger partial charge is 0.376 e. The van der Waals surface area contributed by atoms with E-state index in [0.29, 0.717) is 19.8 Å². The summed E-state index contributed by atoms with van der Waals surface area (Å²) in [5, 5.41) is 3.34. The maximum absolute atomic E-state index is 5.96. The minimum Gasteiger partial charge on any atom is -0.376 e. The van der Waals surface area contributed by atoms with Crippen molar-refractivity contribution in [2.24, 2.45) is 0 Å². The Kier molecular flexibility index (Phi) is 5.06. The summed E-state index contributed by atoms with van der Waals surface area (Å²) in [5.41, 5.74) is 0. The van der Waals surface area contributed by atoms with Gasteiger partial charge in [-0.15, -0.1) is 11.3 Å². The Hall–Kier alpha value is 0.350. The molecule has 1 aliphatic rings. The zero-order valence-electron chi connectivity index (χ0n) is 8.67. The van der Waals surface area contributed by atoms with E-state index in [0.717, 1.165) is 21.9 Å². The first-order valence-corrected chi connectivity index (χ1v) is 7.08. The number of nitrogens with one attached hydrogen (secondary N) is 1. The molecule has 0 aliphatic carbocycles. The van der Waals surface area contributed by atoms with Gasteiger partial charge in [-0.3, -0.25) is 0 Å². The molecule has 0 amide bonds. The van der Waals surface area contributed by atoms with Crippen LogP contribution in [0.2, 0.25) is 4.34 Å². The van der Waals surface area contributed by atoms with Crippen molar-refractivity contribution in [2.75, 3.05) is 26.4 Å². The minimum absolute atomic E-state index is 0.174. The van der Waals surface area contributed by atoms with E-state index in [9.17, 15) is 0 Å². The fourth-order valence-electron chi connectivity index (χ4n) is 1.49. The van der Waals surface area contributed by atoms with E-state index in [4.69, 9.17) is 21.1 Å². The smallest absolute Gasteiger partial charge is 0.107 e. The highest BCUT2D eigenvalue weighted by molar-refractivity contribution is 9.10. The molecule has 90 valence electrons. The van der Waals surface area contributed by atoms with Crippen LogP contribution in [0.5, 0.6) is 0 Å². The van der Waals surface area contributed by atoms with E-state index in [1.807, 2.05) is 6.07 Å². The van der Waals surface area contributed by atoms with Crippen molar-refractivity contribution in [3.63, 3.8) is 0 Å². The van der Waals surface area contributed by atoms with Crippen molar-refractivity contribution < 1.29 is 9.47 Å². The molecule has 1 N–H and O–H groups in total. The lowest BCUT2D eigenvalue weighted by molar-refractivity contribution is -0.0864.